The zero-order valence-corrected chi connectivity index (χ0v) is 13.7. The maximum atomic E-state index is 9.76. The van der Waals surface area contributed by atoms with E-state index in [9.17, 15) is 10.2 Å². The summed E-state index contributed by atoms with van der Waals surface area (Å²) in [5, 5.41) is 19.4. The van der Waals surface area contributed by atoms with E-state index < -0.39 is 5.60 Å². The van der Waals surface area contributed by atoms with Gasteiger partial charge in [0, 0.05) is 5.56 Å². The molecule has 1 aliphatic rings. The van der Waals surface area contributed by atoms with Crippen molar-refractivity contribution in [2.75, 3.05) is 0 Å². The van der Waals surface area contributed by atoms with Crippen LogP contribution in [0.4, 0.5) is 0 Å². The Bertz CT molecular complexity index is 531. The number of phenols is 1. The van der Waals surface area contributed by atoms with Gasteiger partial charge in [0.05, 0.1) is 10.1 Å². The summed E-state index contributed by atoms with van der Waals surface area (Å²) >= 11 is 3.30. The number of hydrogen-bond donors (Lipinski definition) is 2. The van der Waals surface area contributed by atoms with Gasteiger partial charge >= 0.3 is 0 Å². The number of ether oxygens (including phenoxy) is 1. The molecule has 1 aromatic rings. The summed E-state index contributed by atoms with van der Waals surface area (Å²) < 4.78 is 6.69. The van der Waals surface area contributed by atoms with Crippen LogP contribution in [0.3, 0.4) is 0 Å². The van der Waals surface area contributed by atoms with Crippen LogP contribution in [0.1, 0.15) is 45.6 Å². The molecule has 1 unspecified atom stereocenters. The van der Waals surface area contributed by atoms with Crippen LogP contribution >= 0.6 is 15.9 Å². The number of phenolic OH excluding ortho intramolecular Hbond substituents is 1. The smallest absolute Gasteiger partial charge is 0.130 e. The van der Waals surface area contributed by atoms with Crippen LogP contribution in [0.15, 0.2) is 22.7 Å². The van der Waals surface area contributed by atoms with E-state index in [1.165, 1.54) is 0 Å². The molecule has 0 saturated carbocycles. The molecule has 1 aromatic carbocycles. The number of halogens is 1. The first-order chi connectivity index (χ1) is 9.19. The van der Waals surface area contributed by atoms with Gasteiger partial charge in [0.25, 0.3) is 0 Å². The van der Waals surface area contributed by atoms with Crippen molar-refractivity contribution in [2.24, 2.45) is 0 Å². The molecule has 1 aliphatic heterocycles. The molecular weight excluding hydrogens is 320 g/mol. The van der Waals surface area contributed by atoms with E-state index in [0.29, 0.717) is 4.47 Å². The zero-order valence-electron chi connectivity index (χ0n) is 12.1. The van der Waals surface area contributed by atoms with Gasteiger partial charge in [-0.25, -0.2) is 0 Å². The van der Waals surface area contributed by atoms with E-state index in [2.05, 4.69) is 15.9 Å². The molecule has 3 nitrogen and oxygen atoms in total. The van der Waals surface area contributed by atoms with Gasteiger partial charge in [-0.15, -0.1) is 0 Å². The van der Waals surface area contributed by atoms with Crippen molar-refractivity contribution in [1.29, 1.82) is 0 Å². The minimum absolute atomic E-state index is 0.211. The van der Waals surface area contributed by atoms with E-state index in [-0.39, 0.29) is 11.4 Å². The predicted octanol–water partition coefficient (Wildman–Crippen LogP) is 4.26. The topological polar surface area (TPSA) is 49.7 Å². The largest absolute Gasteiger partial charge is 0.507 e. The zero-order chi connectivity index (χ0) is 15.0. The minimum Gasteiger partial charge on any atom is -0.507 e. The Kier molecular flexibility index (Phi) is 4.17. The Morgan fingerprint density at radius 1 is 1.35 bits per heavy atom. The molecular formula is C16H21BrO3. The van der Waals surface area contributed by atoms with E-state index in [1.807, 2.05) is 32.9 Å². The first kappa shape index (κ1) is 15.4. The van der Waals surface area contributed by atoms with Gasteiger partial charge in [-0.2, -0.15) is 0 Å². The standard InChI is InChI=1S/C16H21BrO3/c1-15(2,19)6-4-7-16(3)8-5-11-9-13(18)12(17)10-14(11)20-16/h5,8-10,18-19H,4,6-7H2,1-3H3. The average Bonchev–Trinajstić information content (AvgIpc) is 2.29. The van der Waals surface area contributed by atoms with Gasteiger partial charge in [0.1, 0.15) is 17.1 Å². The molecule has 0 saturated heterocycles. The van der Waals surface area contributed by atoms with Gasteiger partial charge < -0.3 is 14.9 Å². The van der Waals surface area contributed by atoms with Crippen LogP contribution in [0.25, 0.3) is 6.08 Å². The number of hydrogen-bond acceptors (Lipinski definition) is 3. The average molecular weight is 341 g/mol. The Hall–Kier alpha value is -1.00. The summed E-state index contributed by atoms with van der Waals surface area (Å²) in [6.45, 7) is 5.68. The van der Waals surface area contributed by atoms with Crippen molar-refractivity contribution in [3.05, 3.63) is 28.2 Å². The maximum Gasteiger partial charge on any atom is 0.130 e. The lowest BCUT2D eigenvalue weighted by molar-refractivity contribution is 0.0576. The van der Waals surface area contributed by atoms with Gasteiger partial charge in [-0.3, -0.25) is 0 Å². The number of fused-ring (bicyclic) bond motifs is 1. The summed E-state index contributed by atoms with van der Waals surface area (Å²) in [7, 11) is 0. The number of aliphatic hydroxyl groups is 1. The molecule has 0 bridgehead atoms. The second-order valence-corrected chi connectivity index (χ2v) is 7.11. The fourth-order valence-corrected chi connectivity index (χ4v) is 2.66. The van der Waals surface area contributed by atoms with Crippen molar-refractivity contribution in [3.63, 3.8) is 0 Å². The molecule has 4 heteroatoms. The van der Waals surface area contributed by atoms with Crippen LogP contribution in [0.5, 0.6) is 11.5 Å². The predicted molar refractivity (Wildman–Crippen MR) is 84.0 cm³/mol. The number of benzene rings is 1. The Morgan fingerprint density at radius 2 is 2.05 bits per heavy atom. The highest BCUT2D eigenvalue weighted by Gasteiger charge is 2.28. The Morgan fingerprint density at radius 3 is 2.70 bits per heavy atom. The van der Waals surface area contributed by atoms with Gasteiger partial charge in [0.15, 0.2) is 0 Å². The van der Waals surface area contributed by atoms with Crippen molar-refractivity contribution < 1.29 is 14.9 Å². The third-order valence-corrected chi connectivity index (χ3v) is 4.13. The van der Waals surface area contributed by atoms with Gasteiger partial charge in [0.2, 0.25) is 0 Å². The highest BCUT2D eigenvalue weighted by Crippen LogP contribution is 2.39. The van der Waals surface area contributed by atoms with Crippen molar-refractivity contribution in [3.8, 4) is 11.5 Å². The molecule has 0 aliphatic carbocycles. The van der Waals surface area contributed by atoms with Crippen LogP contribution in [-0.2, 0) is 0 Å². The van der Waals surface area contributed by atoms with Crippen LogP contribution in [0, 0.1) is 0 Å². The Balaban J connectivity index is 2.08. The van der Waals surface area contributed by atoms with E-state index in [0.717, 1.165) is 30.6 Å². The highest BCUT2D eigenvalue weighted by molar-refractivity contribution is 9.10. The summed E-state index contributed by atoms with van der Waals surface area (Å²) in [5.41, 5.74) is -0.124. The molecule has 0 radical (unpaired) electrons. The fraction of sp³-hybridized carbons (Fsp3) is 0.500. The van der Waals surface area contributed by atoms with Crippen LogP contribution < -0.4 is 4.74 Å². The van der Waals surface area contributed by atoms with E-state index in [1.54, 1.807) is 12.1 Å². The molecule has 0 amide bonds. The Labute approximate surface area is 128 Å². The molecule has 20 heavy (non-hydrogen) atoms. The summed E-state index contributed by atoms with van der Waals surface area (Å²) in [6, 6.07) is 3.48. The number of aromatic hydroxyl groups is 1. The third-order valence-electron chi connectivity index (χ3n) is 3.50. The maximum absolute atomic E-state index is 9.76. The fourth-order valence-electron chi connectivity index (χ4n) is 2.34. The lowest BCUT2D eigenvalue weighted by atomic mass is 9.91. The van der Waals surface area contributed by atoms with Crippen molar-refractivity contribution in [2.45, 2.75) is 51.2 Å². The molecule has 0 aromatic heterocycles. The summed E-state index contributed by atoms with van der Waals surface area (Å²) in [6.07, 6.45) is 6.47. The van der Waals surface area contributed by atoms with E-state index in [4.69, 9.17) is 4.74 Å². The van der Waals surface area contributed by atoms with Gasteiger partial charge in [-0.1, -0.05) is 6.08 Å². The first-order valence-corrected chi connectivity index (χ1v) is 7.61. The minimum atomic E-state index is -0.637. The second-order valence-electron chi connectivity index (χ2n) is 6.26. The lowest BCUT2D eigenvalue weighted by Gasteiger charge is -2.32. The second kappa shape index (κ2) is 5.41. The molecule has 2 N–H and O–H groups in total. The van der Waals surface area contributed by atoms with Crippen LogP contribution in [0.2, 0.25) is 0 Å². The van der Waals surface area contributed by atoms with Gasteiger partial charge in [-0.05, 0) is 74.2 Å². The summed E-state index contributed by atoms with van der Waals surface area (Å²) in [5.74, 6) is 0.977. The lowest BCUT2D eigenvalue weighted by Crippen LogP contribution is -2.32. The quantitative estimate of drug-likeness (QED) is 0.860. The first-order valence-electron chi connectivity index (χ1n) is 6.82. The number of rotatable bonds is 4. The van der Waals surface area contributed by atoms with Crippen molar-refractivity contribution >= 4 is 22.0 Å². The molecule has 110 valence electrons. The molecule has 2 rings (SSSR count). The van der Waals surface area contributed by atoms with Crippen LogP contribution in [-0.4, -0.2) is 21.4 Å². The SMILES string of the molecule is CC(C)(O)CCCC1(C)C=Cc2cc(O)c(Br)cc2O1. The molecule has 1 atom stereocenters. The van der Waals surface area contributed by atoms with E-state index >= 15 is 0 Å². The van der Waals surface area contributed by atoms with Crippen molar-refractivity contribution in [1.82, 2.24) is 0 Å². The monoisotopic (exact) mass is 340 g/mol. The molecule has 0 spiro atoms. The third kappa shape index (κ3) is 3.76. The normalized spacial score (nSPS) is 21.4. The highest BCUT2D eigenvalue weighted by atomic mass is 79.9. The molecule has 1 heterocycles. The molecule has 0 fully saturated rings. The summed E-state index contributed by atoms with van der Waals surface area (Å²) in [4.78, 5) is 0.